The number of H-pyrrole nitrogens is 1. The zero-order chi connectivity index (χ0) is 14.1. The first-order valence-electron chi connectivity index (χ1n) is 7.01. The number of benzene rings is 2. The lowest BCUT2D eigenvalue weighted by Gasteiger charge is -1.95. The zero-order valence-corrected chi connectivity index (χ0v) is 11.5. The summed E-state index contributed by atoms with van der Waals surface area (Å²) in [5.74, 6) is 0. The van der Waals surface area contributed by atoms with E-state index in [1.54, 1.807) is 0 Å². The number of nitrogens with zero attached hydrogens (tertiary/aromatic N) is 1. The van der Waals surface area contributed by atoms with E-state index < -0.39 is 0 Å². The van der Waals surface area contributed by atoms with E-state index in [4.69, 9.17) is 0 Å². The molecular weight excluding hydrogens is 256 g/mol. The highest BCUT2D eigenvalue weighted by atomic mass is 14.9. The first-order valence-corrected chi connectivity index (χ1v) is 7.01. The highest BCUT2D eigenvalue weighted by Gasteiger charge is 2.04. The zero-order valence-electron chi connectivity index (χ0n) is 11.5. The molecule has 0 bridgehead atoms. The predicted molar refractivity (Wildman–Crippen MR) is 89.0 cm³/mol. The molecule has 2 heterocycles. The van der Waals surface area contributed by atoms with Gasteiger partial charge in [0.2, 0.25) is 0 Å². The van der Waals surface area contributed by atoms with E-state index in [0.29, 0.717) is 0 Å². The highest BCUT2D eigenvalue weighted by molar-refractivity contribution is 6.05. The third-order valence-electron chi connectivity index (χ3n) is 3.63. The third-order valence-corrected chi connectivity index (χ3v) is 3.63. The van der Waals surface area contributed by atoms with Crippen LogP contribution in [0.25, 0.3) is 34.1 Å². The molecule has 2 aromatic carbocycles. The molecule has 0 saturated heterocycles. The summed E-state index contributed by atoms with van der Waals surface area (Å²) in [4.78, 5) is 8.06. The standard InChI is InChI=1S/C19H14N2/c1-2-6-14(7-3-1)10-11-15-12-13-17-16-8-4-5-9-18(16)21-19(17)20-15/h1-13H,(H,20,21). The topological polar surface area (TPSA) is 28.7 Å². The number of aromatic amines is 1. The summed E-state index contributed by atoms with van der Waals surface area (Å²) in [6.45, 7) is 0. The molecule has 4 rings (SSSR count). The average molecular weight is 270 g/mol. The molecule has 21 heavy (non-hydrogen) atoms. The molecule has 2 heteroatoms. The van der Waals surface area contributed by atoms with E-state index in [2.05, 4.69) is 58.5 Å². The monoisotopic (exact) mass is 270 g/mol. The van der Waals surface area contributed by atoms with E-state index >= 15 is 0 Å². The van der Waals surface area contributed by atoms with Crippen molar-refractivity contribution in [2.45, 2.75) is 0 Å². The molecule has 0 fully saturated rings. The van der Waals surface area contributed by atoms with Crippen molar-refractivity contribution in [2.75, 3.05) is 0 Å². The van der Waals surface area contributed by atoms with Crippen LogP contribution in [0.1, 0.15) is 11.3 Å². The van der Waals surface area contributed by atoms with Crippen molar-refractivity contribution in [3.63, 3.8) is 0 Å². The molecule has 0 aliphatic heterocycles. The fourth-order valence-corrected chi connectivity index (χ4v) is 2.58. The molecule has 1 N–H and O–H groups in total. The second-order valence-electron chi connectivity index (χ2n) is 5.05. The van der Waals surface area contributed by atoms with Crippen LogP contribution in [0.5, 0.6) is 0 Å². The Bertz CT molecular complexity index is 934. The van der Waals surface area contributed by atoms with Crippen LogP contribution in [0.3, 0.4) is 0 Å². The minimum atomic E-state index is 0.936. The summed E-state index contributed by atoms with van der Waals surface area (Å²) >= 11 is 0. The van der Waals surface area contributed by atoms with E-state index in [1.807, 2.05) is 30.3 Å². The fraction of sp³-hybridized carbons (Fsp3) is 0. The molecule has 0 radical (unpaired) electrons. The van der Waals surface area contributed by atoms with Crippen LogP contribution in [-0.4, -0.2) is 9.97 Å². The number of aromatic nitrogens is 2. The van der Waals surface area contributed by atoms with Crippen molar-refractivity contribution in [1.29, 1.82) is 0 Å². The molecule has 0 atom stereocenters. The van der Waals surface area contributed by atoms with Crippen LogP contribution >= 0.6 is 0 Å². The van der Waals surface area contributed by atoms with Crippen LogP contribution < -0.4 is 0 Å². The van der Waals surface area contributed by atoms with E-state index in [-0.39, 0.29) is 0 Å². The minimum absolute atomic E-state index is 0.936. The SMILES string of the molecule is C(=Cc1ccc2c(n1)[nH]c1ccccc12)c1ccccc1. The molecule has 2 aromatic heterocycles. The van der Waals surface area contributed by atoms with Crippen LogP contribution in [-0.2, 0) is 0 Å². The lowest BCUT2D eigenvalue weighted by molar-refractivity contribution is 1.32. The number of hydrogen-bond donors (Lipinski definition) is 1. The third kappa shape index (κ3) is 2.21. The van der Waals surface area contributed by atoms with Crippen molar-refractivity contribution >= 4 is 34.1 Å². The molecule has 0 unspecified atom stereocenters. The lowest BCUT2D eigenvalue weighted by atomic mass is 10.1. The molecule has 0 saturated carbocycles. The molecule has 2 nitrogen and oxygen atoms in total. The summed E-state index contributed by atoms with van der Waals surface area (Å²) in [7, 11) is 0. The van der Waals surface area contributed by atoms with Gasteiger partial charge >= 0.3 is 0 Å². The summed E-state index contributed by atoms with van der Waals surface area (Å²) in [6, 6.07) is 22.7. The largest absolute Gasteiger partial charge is 0.339 e. The maximum absolute atomic E-state index is 4.69. The second-order valence-corrected chi connectivity index (χ2v) is 5.05. The Morgan fingerprint density at radius 2 is 1.52 bits per heavy atom. The fourth-order valence-electron chi connectivity index (χ4n) is 2.58. The van der Waals surface area contributed by atoms with Crippen LogP contribution in [0.2, 0.25) is 0 Å². The van der Waals surface area contributed by atoms with Crippen LogP contribution in [0.4, 0.5) is 0 Å². The quantitative estimate of drug-likeness (QED) is 0.552. The molecule has 4 aromatic rings. The second kappa shape index (κ2) is 4.91. The number of nitrogens with one attached hydrogen (secondary N) is 1. The molecule has 0 aliphatic rings. The van der Waals surface area contributed by atoms with Gasteiger partial charge in [-0.1, -0.05) is 54.6 Å². The Morgan fingerprint density at radius 3 is 2.43 bits per heavy atom. The van der Waals surface area contributed by atoms with Gasteiger partial charge in [0.15, 0.2) is 0 Å². The van der Waals surface area contributed by atoms with Gasteiger partial charge in [-0.15, -0.1) is 0 Å². The Morgan fingerprint density at radius 1 is 0.714 bits per heavy atom. The summed E-state index contributed by atoms with van der Waals surface area (Å²) in [6.07, 6.45) is 4.12. The normalized spacial score (nSPS) is 11.6. The first kappa shape index (κ1) is 11.9. The van der Waals surface area contributed by atoms with Gasteiger partial charge in [-0.25, -0.2) is 4.98 Å². The van der Waals surface area contributed by atoms with Gasteiger partial charge in [0, 0.05) is 16.3 Å². The predicted octanol–water partition coefficient (Wildman–Crippen LogP) is 4.89. The number of fused-ring (bicyclic) bond motifs is 3. The molecule has 0 aliphatic carbocycles. The van der Waals surface area contributed by atoms with Gasteiger partial charge in [0.05, 0.1) is 5.69 Å². The summed E-state index contributed by atoms with van der Waals surface area (Å²) < 4.78 is 0. The number of hydrogen-bond acceptors (Lipinski definition) is 1. The number of pyridine rings is 1. The van der Waals surface area contributed by atoms with Crippen LogP contribution in [0, 0.1) is 0 Å². The summed E-state index contributed by atoms with van der Waals surface area (Å²) in [5.41, 5.74) is 4.20. The van der Waals surface area contributed by atoms with Crippen molar-refractivity contribution in [1.82, 2.24) is 9.97 Å². The molecule has 100 valence electrons. The maximum atomic E-state index is 4.69. The number of rotatable bonds is 2. The smallest absolute Gasteiger partial charge is 0.139 e. The minimum Gasteiger partial charge on any atom is -0.339 e. The van der Waals surface area contributed by atoms with Gasteiger partial charge in [0.1, 0.15) is 5.65 Å². The van der Waals surface area contributed by atoms with Crippen molar-refractivity contribution < 1.29 is 0 Å². The Kier molecular flexibility index (Phi) is 2.79. The van der Waals surface area contributed by atoms with Gasteiger partial charge < -0.3 is 4.98 Å². The van der Waals surface area contributed by atoms with Crippen molar-refractivity contribution in [2.24, 2.45) is 0 Å². The lowest BCUT2D eigenvalue weighted by Crippen LogP contribution is -1.81. The molecule has 0 amide bonds. The van der Waals surface area contributed by atoms with Gasteiger partial charge in [0.25, 0.3) is 0 Å². The van der Waals surface area contributed by atoms with Gasteiger partial charge in [-0.2, -0.15) is 0 Å². The van der Waals surface area contributed by atoms with E-state index in [0.717, 1.165) is 16.9 Å². The Labute approximate surface area is 122 Å². The van der Waals surface area contributed by atoms with Gasteiger partial charge in [-0.05, 0) is 29.8 Å². The highest BCUT2D eigenvalue weighted by Crippen LogP contribution is 2.24. The number of para-hydroxylation sites is 1. The van der Waals surface area contributed by atoms with E-state index in [1.165, 1.54) is 16.3 Å². The first-order chi connectivity index (χ1) is 10.4. The summed E-state index contributed by atoms with van der Waals surface area (Å²) in [5, 5.41) is 2.39. The van der Waals surface area contributed by atoms with Crippen molar-refractivity contribution in [3.8, 4) is 0 Å². The van der Waals surface area contributed by atoms with Crippen molar-refractivity contribution in [3.05, 3.63) is 78.0 Å². The van der Waals surface area contributed by atoms with Crippen LogP contribution in [0.15, 0.2) is 66.7 Å². The maximum Gasteiger partial charge on any atom is 0.139 e. The average Bonchev–Trinajstić information content (AvgIpc) is 2.91. The molecular formula is C19H14N2. The Balaban J connectivity index is 1.77. The Hall–Kier alpha value is -2.87. The van der Waals surface area contributed by atoms with Gasteiger partial charge in [-0.3, -0.25) is 0 Å². The van der Waals surface area contributed by atoms with E-state index in [9.17, 15) is 0 Å². The molecule has 0 spiro atoms.